The normalized spacial score (nSPS) is 27.4. The first kappa shape index (κ1) is 8.52. The molecule has 0 nitrogen and oxygen atoms in total. The molecule has 0 aromatic heterocycles. The summed E-state index contributed by atoms with van der Waals surface area (Å²) >= 11 is 0. The van der Waals surface area contributed by atoms with E-state index in [-0.39, 0.29) is 0 Å². The van der Waals surface area contributed by atoms with E-state index in [2.05, 4.69) is 32.0 Å². The Labute approximate surface area is 86.3 Å². The molecule has 0 N–H and O–H groups in total. The molecule has 0 fully saturated rings. The number of hydrogen-bond donors (Lipinski definition) is 0. The van der Waals surface area contributed by atoms with E-state index >= 15 is 0 Å². The van der Waals surface area contributed by atoms with E-state index in [9.17, 15) is 0 Å². The van der Waals surface area contributed by atoms with Crippen LogP contribution >= 0.6 is 0 Å². The fraction of sp³-hybridized carbons (Fsp3) is 0.571. The minimum atomic E-state index is 0.431. The highest BCUT2D eigenvalue weighted by Gasteiger charge is 2.38. The summed E-state index contributed by atoms with van der Waals surface area (Å²) in [5.74, 6) is 0.880. The number of rotatable bonds is 0. The molecule has 14 heavy (non-hydrogen) atoms. The van der Waals surface area contributed by atoms with Crippen molar-refractivity contribution in [3.63, 3.8) is 0 Å². The Morgan fingerprint density at radius 1 is 1.29 bits per heavy atom. The molecule has 2 aliphatic rings. The van der Waals surface area contributed by atoms with Gasteiger partial charge >= 0.3 is 0 Å². The van der Waals surface area contributed by atoms with E-state index in [1.165, 1.54) is 25.7 Å². The Balaban J connectivity index is 2.25. The average Bonchev–Trinajstić information content (AvgIpc) is 2.41. The summed E-state index contributed by atoms with van der Waals surface area (Å²) in [6.45, 7) is 4.81. The summed E-state index contributed by atoms with van der Waals surface area (Å²) in [6, 6.07) is 6.94. The minimum absolute atomic E-state index is 0.431. The predicted molar refractivity (Wildman–Crippen MR) is 59.8 cm³/mol. The third-order valence-electron chi connectivity index (χ3n) is 4.09. The molecule has 3 rings (SSSR count). The van der Waals surface area contributed by atoms with Crippen LogP contribution in [-0.4, -0.2) is 0 Å². The Kier molecular flexibility index (Phi) is 1.60. The molecule has 0 bridgehead atoms. The first-order valence-corrected chi connectivity index (χ1v) is 5.81. The molecule has 2 aliphatic carbocycles. The van der Waals surface area contributed by atoms with Gasteiger partial charge in [0.05, 0.1) is 0 Å². The molecule has 1 unspecified atom stereocenters. The van der Waals surface area contributed by atoms with Gasteiger partial charge in [0.1, 0.15) is 0 Å². The highest BCUT2D eigenvalue weighted by atomic mass is 14.4. The van der Waals surface area contributed by atoms with Crippen molar-refractivity contribution in [2.45, 2.75) is 50.9 Å². The van der Waals surface area contributed by atoms with Crippen molar-refractivity contribution in [2.75, 3.05) is 0 Å². The van der Waals surface area contributed by atoms with Gasteiger partial charge in [0.2, 0.25) is 0 Å². The first-order chi connectivity index (χ1) is 6.68. The van der Waals surface area contributed by atoms with E-state index in [1.807, 2.05) is 0 Å². The molecule has 0 heteroatoms. The largest absolute Gasteiger partial charge is 0.0617 e. The molecular formula is C14H18. The van der Waals surface area contributed by atoms with Crippen molar-refractivity contribution in [2.24, 2.45) is 0 Å². The van der Waals surface area contributed by atoms with Crippen LogP contribution in [0.2, 0.25) is 0 Å². The van der Waals surface area contributed by atoms with Crippen LogP contribution in [0.15, 0.2) is 18.2 Å². The van der Waals surface area contributed by atoms with Crippen LogP contribution in [0.3, 0.4) is 0 Å². The lowest BCUT2D eigenvalue weighted by atomic mass is 9.84. The molecule has 0 heterocycles. The minimum Gasteiger partial charge on any atom is -0.0617 e. The van der Waals surface area contributed by atoms with Crippen LogP contribution in [0.4, 0.5) is 0 Å². The van der Waals surface area contributed by atoms with Crippen molar-refractivity contribution in [1.29, 1.82) is 0 Å². The Hall–Kier alpha value is -0.780. The highest BCUT2D eigenvalue weighted by Crippen LogP contribution is 2.51. The molecule has 1 aromatic rings. The number of hydrogen-bond acceptors (Lipinski definition) is 0. The van der Waals surface area contributed by atoms with Crippen LogP contribution in [0.1, 0.15) is 55.7 Å². The molecule has 74 valence electrons. The van der Waals surface area contributed by atoms with Crippen LogP contribution in [0.25, 0.3) is 0 Å². The summed E-state index contributed by atoms with van der Waals surface area (Å²) in [6.07, 6.45) is 5.51. The molecule has 0 radical (unpaired) electrons. The maximum Gasteiger partial charge on any atom is -0.00948 e. The lowest BCUT2D eigenvalue weighted by Crippen LogP contribution is -2.11. The van der Waals surface area contributed by atoms with Gasteiger partial charge in [0.15, 0.2) is 0 Å². The molecule has 0 saturated heterocycles. The van der Waals surface area contributed by atoms with Crippen molar-refractivity contribution in [3.8, 4) is 0 Å². The van der Waals surface area contributed by atoms with E-state index in [4.69, 9.17) is 0 Å². The number of aryl methyl sites for hydroxylation is 1. The molecular weight excluding hydrogens is 168 g/mol. The Bertz CT molecular complexity index is 374. The second-order valence-electron chi connectivity index (χ2n) is 5.56. The van der Waals surface area contributed by atoms with Crippen molar-refractivity contribution in [3.05, 3.63) is 34.9 Å². The van der Waals surface area contributed by atoms with Gasteiger partial charge in [-0.15, -0.1) is 0 Å². The average molecular weight is 186 g/mol. The van der Waals surface area contributed by atoms with Gasteiger partial charge in [0.25, 0.3) is 0 Å². The summed E-state index contributed by atoms with van der Waals surface area (Å²) < 4.78 is 0. The summed E-state index contributed by atoms with van der Waals surface area (Å²) in [7, 11) is 0. The topological polar surface area (TPSA) is 0 Å². The van der Waals surface area contributed by atoms with Crippen LogP contribution in [-0.2, 0) is 11.8 Å². The van der Waals surface area contributed by atoms with Crippen molar-refractivity contribution < 1.29 is 0 Å². The summed E-state index contributed by atoms with van der Waals surface area (Å²) in [4.78, 5) is 0. The second-order valence-corrected chi connectivity index (χ2v) is 5.56. The van der Waals surface area contributed by atoms with Gasteiger partial charge in [-0.05, 0) is 53.7 Å². The Morgan fingerprint density at radius 3 is 3.00 bits per heavy atom. The first-order valence-electron chi connectivity index (χ1n) is 5.81. The van der Waals surface area contributed by atoms with E-state index in [0.717, 1.165) is 5.92 Å². The van der Waals surface area contributed by atoms with Crippen molar-refractivity contribution in [1.82, 2.24) is 0 Å². The molecule has 1 aromatic carbocycles. The Morgan fingerprint density at radius 2 is 2.14 bits per heavy atom. The van der Waals surface area contributed by atoms with Gasteiger partial charge in [-0.25, -0.2) is 0 Å². The lowest BCUT2D eigenvalue weighted by Gasteiger charge is -2.21. The summed E-state index contributed by atoms with van der Waals surface area (Å²) in [5.41, 5.74) is 5.44. The van der Waals surface area contributed by atoms with E-state index < -0.39 is 0 Å². The van der Waals surface area contributed by atoms with E-state index in [0.29, 0.717) is 5.41 Å². The SMILES string of the molecule is CC1(C)CC2CCCc3cccc1c32. The third kappa shape index (κ3) is 1.00. The van der Waals surface area contributed by atoms with Crippen LogP contribution in [0.5, 0.6) is 0 Å². The van der Waals surface area contributed by atoms with Gasteiger partial charge in [-0.1, -0.05) is 32.0 Å². The standard InChI is InChI=1S/C14H18/c1-14(2)9-11-7-3-5-10-6-4-8-12(14)13(10)11/h4,6,8,11H,3,5,7,9H2,1-2H3. The maximum absolute atomic E-state index is 2.40. The second kappa shape index (κ2) is 2.62. The zero-order valence-electron chi connectivity index (χ0n) is 9.14. The lowest BCUT2D eigenvalue weighted by molar-refractivity contribution is 0.447. The predicted octanol–water partition coefficient (Wildman–Crippen LogP) is 3.79. The fourth-order valence-corrected chi connectivity index (χ4v) is 3.52. The molecule has 0 aliphatic heterocycles. The zero-order valence-corrected chi connectivity index (χ0v) is 9.14. The quantitative estimate of drug-likeness (QED) is 0.578. The fourth-order valence-electron chi connectivity index (χ4n) is 3.52. The molecule has 0 amide bonds. The molecule has 1 atom stereocenters. The third-order valence-corrected chi connectivity index (χ3v) is 4.09. The maximum atomic E-state index is 2.40. The van der Waals surface area contributed by atoms with E-state index in [1.54, 1.807) is 16.7 Å². The zero-order chi connectivity index (χ0) is 9.76. The highest BCUT2D eigenvalue weighted by molar-refractivity contribution is 5.47. The number of benzene rings is 1. The molecule has 0 saturated carbocycles. The molecule has 0 spiro atoms. The van der Waals surface area contributed by atoms with Crippen LogP contribution in [0, 0.1) is 0 Å². The van der Waals surface area contributed by atoms with Gasteiger partial charge in [0, 0.05) is 0 Å². The van der Waals surface area contributed by atoms with Gasteiger partial charge < -0.3 is 0 Å². The van der Waals surface area contributed by atoms with Crippen molar-refractivity contribution >= 4 is 0 Å². The van der Waals surface area contributed by atoms with Gasteiger partial charge in [-0.2, -0.15) is 0 Å². The van der Waals surface area contributed by atoms with Gasteiger partial charge in [-0.3, -0.25) is 0 Å². The van der Waals surface area contributed by atoms with Crippen LogP contribution < -0.4 is 0 Å². The summed E-state index contributed by atoms with van der Waals surface area (Å²) in [5, 5.41) is 0. The monoisotopic (exact) mass is 186 g/mol. The smallest absolute Gasteiger partial charge is 0.00948 e.